The molecule has 6 nitrogen and oxygen atoms in total. The summed E-state index contributed by atoms with van der Waals surface area (Å²) >= 11 is 0. The van der Waals surface area contributed by atoms with Crippen molar-refractivity contribution in [2.24, 2.45) is 13.0 Å². The van der Waals surface area contributed by atoms with Crippen molar-refractivity contribution >= 4 is 0 Å². The van der Waals surface area contributed by atoms with Crippen LogP contribution in [0.1, 0.15) is 25.2 Å². The summed E-state index contributed by atoms with van der Waals surface area (Å²) in [6, 6.07) is 2.34. The average Bonchev–Trinajstić information content (AvgIpc) is 2.95. The summed E-state index contributed by atoms with van der Waals surface area (Å²) in [4.78, 5) is 3.98. The van der Waals surface area contributed by atoms with Gasteiger partial charge in [-0.25, -0.2) is 0 Å². The summed E-state index contributed by atoms with van der Waals surface area (Å²) in [5.41, 5.74) is 1.12. The summed E-state index contributed by atoms with van der Waals surface area (Å²) in [6.07, 6.45) is 3.34. The van der Waals surface area contributed by atoms with Gasteiger partial charge >= 0.3 is 6.01 Å². The minimum absolute atomic E-state index is 0.341. The van der Waals surface area contributed by atoms with Crippen molar-refractivity contribution < 1.29 is 9.15 Å². The maximum Gasteiger partial charge on any atom is 0.335 e. The lowest BCUT2D eigenvalue weighted by atomic mass is 10.2. The first-order valence-electron chi connectivity index (χ1n) is 6.39. The number of hydrogen-bond donors (Lipinski definition) is 1. The minimum Gasteiger partial charge on any atom is -0.465 e. The number of aryl methyl sites for hydroxylation is 1. The molecule has 0 radical (unpaired) electrons. The third kappa shape index (κ3) is 4.40. The molecule has 19 heavy (non-hydrogen) atoms. The van der Waals surface area contributed by atoms with E-state index in [1.807, 2.05) is 6.07 Å². The Morgan fingerprint density at radius 2 is 2.32 bits per heavy atom. The standard InChI is InChI=1S/C13H20N4O2/c1-10(2)5-14-6-11-4-12(18-7-11)8-19-13-15-9-17(3)16-13/h4,7,9-10,14H,5-6,8H2,1-3H3. The SMILES string of the molecule is CC(C)CNCc1coc(COc2ncn(C)n2)c1. The van der Waals surface area contributed by atoms with Gasteiger partial charge in [0.25, 0.3) is 0 Å². The molecule has 2 rings (SSSR count). The van der Waals surface area contributed by atoms with Crippen LogP contribution in [0.3, 0.4) is 0 Å². The highest BCUT2D eigenvalue weighted by molar-refractivity contribution is 5.12. The van der Waals surface area contributed by atoms with Crippen molar-refractivity contribution in [3.05, 3.63) is 30.0 Å². The zero-order valence-electron chi connectivity index (χ0n) is 11.6. The first-order chi connectivity index (χ1) is 9.13. The molecular formula is C13H20N4O2. The van der Waals surface area contributed by atoms with Gasteiger partial charge in [0.05, 0.1) is 6.26 Å². The van der Waals surface area contributed by atoms with Crippen molar-refractivity contribution in [2.45, 2.75) is 27.0 Å². The van der Waals surface area contributed by atoms with Gasteiger partial charge in [-0.3, -0.25) is 4.68 Å². The number of aromatic nitrogens is 3. The smallest absolute Gasteiger partial charge is 0.335 e. The lowest BCUT2D eigenvalue weighted by Gasteiger charge is -2.04. The van der Waals surface area contributed by atoms with Gasteiger partial charge in [0.15, 0.2) is 0 Å². The lowest BCUT2D eigenvalue weighted by Crippen LogP contribution is -2.18. The predicted octanol–water partition coefficient (Wildman–Crippen LogP) is 1.73. The molecule has 0 amide bonds. The van der Waals surface area contributed by atoms with Crippen molar-refractivity contribution in [1.82, 2.24) is 20.1 Å². The number of rotatable bonds is 7. The predicted molar refractivity (Wildman–Crippen MR) is 70.6 cm³/mol. The molecular weight excluding hydrogens is 244 g/mol. The van der Waals surface area contributed by atoms with Crippen molar-refractivity contribution in [2.75, 3.05) is 6.54 Å². The monoisotopic (exact) mass is 264 g/mol. The van der Waals surface area contributed by atoms with Gasteiger partial charge in [-0.2, -0.15) is 4.98 Å². The molecule has 0 spiro atoms. The Labute approximate surface area is 112 Å². The van der Waals surface area contributed by atoms with Gasteiger partial charge < -0.3 is 14.5 Å². The Bertz CT molecular complexity index is 504. The van der Waals surface area contributed by atoms with Crippen LogP contribution in [0.5, 0.6) is 6.01 Å². The number of nitrogens with one attached hydrogen (secondary N) is 1. The molecule has 0 aromatic carbocycles. The van der Waals surface area contributed by atoms with Crippen LogP contribution in [-0.4, -0.2) is 21.3 Å². The number of nitrogens with zero attached hydrogens (tertiary/aromatic N) is 3. The normalized spacial score (nSPS) is 11.2. The highest BCUT2D eigenvalue weighted by atomic mass is 16.5. The van der Waals surface area contributed by atoms with Gasteiger partial charge in [0.2, 0.25) is 0 Å². The molecule has 0 saturated heterocycles. The van der Waals surface area contributed by atoms with Crippen molar-refractivity contribution in [3.8, 4) is 6.01 Å². The highest BCUT2D eigenvalue weighted by Crippen LogP contribution is 2.10. The Hall–Kier alpha value is -1.82. The van der Waals surface area contributed by atoms with E-state index in [1.165, 1.54) is 0 Å². The number of ether oxygens (including phenoxy) is 1. The van der Waals surface area contributed by atoms with Crippen LogP contribution in [-0.2, 0) is 20.2 Å². The minimum atomic E-state index is 0.341. The molecule has 0 aliphatic carbocycles. The van der Waals surface area contributed by atoms with Crippen LogP contribution in [0.15, 0.2) is 23.1 Å². The molecule has 0 atom stereocenters. The Balaban J connectivity index is 1.77. The van der Waals surface area contributed by atoms with E-state index >= 15 is 0 Å². The van der Waals surface area contributed by atoms with E-state index in [9.17, 15) is 0 Å². The van der Waals surface area contributed by atoms with Gasteiger partial charge in [-0.15, -0.1) is 5.10 Å². The van der Waals surface area contributed by atoms with Crippen molar-refractivity contribution in [3.63, 3.8) is 0 Å². The lowest BCUT2D eigenvalue weighted by molar-refractivity contribution is 0.249. The van der Waals surface area contributed by atoms with Gasteiger partial charge in [0.1, 0.15) is 18.7 Å². The largest absolute Gasteiger partial charge is 0.465 e. The second-order valence-corrected chi connectivity index (χ2v) is 4.94. The fraction of sp³-hybridized carbons (Fsp3) is 0.538. The molecule has 2 aromatic heterocycles. The molecule has 2 heterocycles. The third-order valence-electron chi connectivity index (χ3n) is 2.51. The zero-order valence-corrected chi connectivity index (χ0v) is 11.6. The topological polar surface area (TPSA) is 65.1 Å². The van der Waals surface area contributed by atoms with Crippen LogP contribution in [0.25, 0.3) is 0 Å². The first-order valence-corrected chi connectivity index (χ1v) is 6.39. The molecule has 2 aromatic rings. The second-order valence-electron chi connectivity index (χ2n) is 4.94. The molecule has 0 aliphatic rings. The van der Waals surface area contributed by atoms with E-state index in [-0.39, 0.29) is 0 Å². The van der Waals surface area contributed by atoms with Gasteiger partial charge in [-0.05, 0) is 18.5 Å². The summed E-state index contributed by atoms with van der Waals surface area (Å²) in [6.45, 7) is 6.51. The van der Waals surface area contributed by atoms with Gasteiger partial charge in [0, 0.05) is 19.2 Å². The first kappa shape index (κ1) is 13.6. The molecule has 6 heteroatoms. The number of furan rings is 1. The molecule has 0 fully saturated rings. The summed E-state index contributed by atoms with van der Waals surface area (Å²) in [5, 5.41) is 7.39. The summed E-state index contributed by atoms with van der Waals surface area (Å²) in [7, 11) is 1.80. The fourth-order valence-electron chi connectivity index (χ4n) is 1.62. The van der Waals surface area contributed by atoms with E-state index in [1.54, 1.807) is 24.3 Å². The maximum absolute atomic E-state index is 5.42. The van der Waals surface area contributed by atoms with Crippen LogP contribution in [0.4, 0.5) is 0 Å². The van der Waals surface area contributed by atoms with E-state index in [2.05, 4.69) is 29.2 Å². The van der Waals surface area contributed by atoms with Crippen molar-refractivity contribution in [1.29, 1.82) is 0 Å². The third-order valence-corrected chi connectivity index (χ3v) is 2.51. The molecule has 1 N–H and O–H groups in total. The molecule has 0 saturated carbocycles. The Morgan fingerprint density at radius 1 is 1.47 bits per heavy atom. The highest BCUT2D eigenvalue weighted by Gasteiger charge is 2.05. The van der Waals surface area contributed by atoms with Crippen LogP contribution in [0, 0.1) is 5.92 Å². The summed E-state index contributed by atoms with van der Waals surface area (Å²) in [5.74, 6) is 1.42. The Morgan fingerprint density at radius 3 is 3.00 bits per heavy atom. The average molecular weight is 264 g/mol. The maximum atomic E-state index is 5.42. The molecule has 0 unspecified atom stereocenters. The fourth-order valence-corrected chi connectivity index (χ4v) is 1.62. The zero-order chi connectivity index (χ0) is 13.7. The summed E-state index contributed by atoms with van der Waals surface area (Å²) < 4.78 is 12.4. The Kier molecular flexibility index (Phi) is 4.57. The van der Waals surface area contributed by atoms with E-state index in [0.29, 0.717) is 18.5 Å². The van der Waals surface area contributed by atoms with E-state index in [0.717, 1.165) is 24.4 Å². The second kappa shape index (κ2) is 6.38. The van der Waals surface area contributed by atoms with E-state index < -0.39 is 0 Å². The van der Waals surface area contributed by atoms with Crippen LogP contribution < -0.4 is 10.1 Å². The van der Waals surface area contributed by atoms with Crippen LogP contribution >= 0.6 is 0 Å². The molecule has 104 valence electrons. The van der Waals surface area contributed by atoms with Crippen LogP contribution in [0.2, 0.25) is 0 Å². The number of hydrogen-bond acceptors (Lipinski definition) is 5. The van der Waals surface area contributed by atoms with Gasteiger partial charge in [-0.1, -0.05) is 13.8 Å². The molecule has 0 aliphatic heterocycles. The quantitative estimate of drug-likeness (QED) is 0.825. The van der Waals surface area contributed by atoms with E-state index in [4.69, 9.17) is 9.15 Å². The molecule has 0 bridgehead atoms.